The Bertz CT molecular complexity index is 182. The zero-order chi connectivity index (χ0) is 12.6. The zero-order valence-corrected chi connectivity index (χ0v) is 11.9. The van der Waals surface area contributed by atoms with E-state index in [1.54, 1.807) is 0 Å². The average molecular weight is 225 g/mol. The van der Waals surface area contributed by atoms with Gasteiger partial charge in [0.05, 0.1) is 0 Å². The van der Waals surface area contributed by atoms with Crippen LogP contribution in [0.15, 0.2) is 12.2 Å². The van der Waals surface area contributed by atoms with Gasteiger partial charge in [0.25, 0.3) is 0 Å². The van der Waals surface area contributed by atoms with Crippen molar-refractivity contribution in [3.8, 4) is 0 Å². The van der Waals surface area contributed by atoms with Crippen LogP contribution in [0.1, 0.15) is 53.9 Å². The minimum absolute atomic E-state index is 0.648. The van der Waals surface area contributed by atoms with E-state index in [0.717, 1.165) is 18.4 Å². The molecule has 1 heteroatoms. The lowest BCUT2D eigenvalue weighted by atomic mass is 9.72. The van der Waals surface area contributed by atoms with E-state index in [4.69, 9.17) is 5.73 Å². The molecule has 0 aliphatic heterocycles. The maximum absolute atomic E-state index is 5.91. The summed E-state index contributed by atoms with van der Waals surface area (Å²) in [5.74, 6) is 2.90. The lowest BCUT2D eigenvalue weighted by Gasteiger charge is -2.34. The van der Waals surface area contributed by atoms with E-state index in [0.29, 0.717) is 11.8 Å². The first-order chi connectivity index (χ1) is 7.65. The molecule has 0 amide bonds. The largest absolute Gasteiger partial charge is 0.330 e. The molecular weight excluding hydrogens is 194 g/mol. The van der Waals surface area contributed by atoms with Gasteiger partial charge < -0.3 is 5.73 Å². The second-order valence-electron chi connectivity index (χ2n) is 4.96. The summed E-state index contributed by atoms with van der Waals surface area (Å²) in [6, 6.07) is 0. The van der Waals surface area contributed by atoms with Gasteiger partial charge in [0.1, 0.15) is 0 Å². The summed E-state index contributed by atoms with van der Waals surface area (Å²) in [6.07, 6.45) is 8.32. The molecule has 4 unspecified atom stereocenters. The number of hydrogen-bond donors (Lipinski definition) is 1. The third-order valence-corrected chi connectivity index (χ3v) is 4.13. The Kier molecular flexibility index (Phi) is 8.64. The molecule has 0 aromatic rings. The van der Waals surface area contributed by atoms with Gasteiger partial charge in [-0.05, 0) is 37.1 Å². The molecule has 0 spiro atoms. The van der Waals surface area contributed by atoms with Gasteiger partial charge in [-0.1, -0.05) is 59.1 Å². The molecule has 0 aliphatic carbocycles. The van der Waals surface area contributed by atoms with Crippen LogP contribution in [0.5, 0.6) is 0 Å². The molecule has 16 heavy (non-hydrogen) atoms. The van der Waals surface area contributed by atoms with Crippen LogP contribution in [0.4, 0.5) is 0 Å². The third-order valence-electron chi connectivity index (χ3n) is 4.13. The number of hydrogen-bond acceptors (Lipinski definition) is 1. The Morgan fingerprint density at radius 3 is 2.00 bits per heavy atom. The third kappa shape index (κ3) is 4.29. The molecule has 2 N–H and O–H groups in total. The van der Waals surface area contributed by atoms with Gasteiger partial charge in [-0.2, -0.15) is 0 Å². The summed E-state index contributed by atoms with van der Waals surface area (Å²) in [6.45, 7) is 12.2. The second kappa shape index (κ2) is 8.81. The van der Waals surface area contributed by atoms with Gasteiger partial charge in [-0.3, -0.25) is 0 Å². The van der Waals surface area contributed by atoms with Crippen molar-refractivity contribution in [2.75, 3.05) is 6.54 Å². The monoisotopic (exact) mass is 225 g/mol. The predicted molar refractivity (Wildman–Crippen MR) is 74.4 cm³/mol. The second-order valence-corrected chi connectivity index (χ2v) is 4.96. The molecule has 0 aromatic heterocycles. The topological polar surface area (TPSA) is 26.0 Å². The summed E-state index contributed by atoms with van der Waals surface area (Å²) < 4.78 is 0. The Hall–Kier alpha value is -0.300. The Labute approximate surface area is 102 Å². The molecule has 1 nitrogen and oxygen atoms in total. The molecule has 0 saturated heterocycles. The van der Waals surface area contributed by atoms with E-state index in [9.17, 15) is 0 Å². The maximum Gasteiger partial charge on any atom is -0.00432 e. The fourth-order valence-corrected chi connectivity index (χ4v) is 2.82. The van der Waals surface area contributed by atoms with Gasteiger partial charge in [0, 0.05) is 0 Å². The lowest BCUT2D eigenvalue weighted by molar-refractivity contribution is 0.199. The predicted octanol–water partition coefficient (Wildman–Crippen LogP) is 4.24. The van der Waals surface area contributed by atoms with E-state index >= 15 is 0 Å². The molecule has 0 aromatic carbocycles. The first-order valence-corrected chi connectivity index (χ1v) is 6.98. The van der Waals surface area contributed by atoms with E-state index in [-0.39, 0.29) is 0 Å². The quantitative estimate of drug-likeness (QED) is 0.614. The van der Waals surface area contributed by atoms with Crippen LogP contribution >= 0.6 is 0 Å². The van der Waals surface area contributed by atoms with Crippen LogP contribution in [0.25, 0.3) is 0 Å². The molecule has 0 heterocycles. The Morgan fingerprint density at radius 1 is 1.06 bits per heavy atom. The van der Waals surface area contributed by atoms with Gasteiger partial charge >= 0.3 is 0 Å². The van der Waals surface area contributed by atoms with Crippen LogP contribution in [0.3, 0.4) is 0 Å². The summed E-state index contributed by atoms with van der Waals surface area (Å²) in [4.78, 5) is 0. The van der Waals surface area contributed by atoms with Crippen molar-refractivity contribution in [3.63, 3.8) is 0 Å². The van der Waals surface area contributed by atoms with Crippen molar-refractivity contribution in [1.29, 1.82) is 0 Å². The molecule has 4 atom stereocenters. The molecule has 96 valence electrons. The first kappa shape index (κ1) is 15.7. The van der Waals surface area contributed by atoms with Crippen molar-refractivity contribution < 1.29 is 0 Å². The van der Waals surface area contributed by atoms with Crippen LogP contribution in [0.2, 0.25) is 0 Å². The van der Waals surface area contributed by atoms with Crippen LogP contribution in [-0.4, -0.2) is 6.54 Å². The van der Waals surface area contributed by atoms with Crippen molar-refractivity contribution in [3.05, 3.63) is 12.2 Å². The molecule has 0 aliphatic rings. The fourth-order valence-electron chi connectivity index (χ4n) is 2.82. The molecule has 0 rings (SSSR count). The van der Waals surface area contributed by atoms with E-state index in [1.807, 2.05) is 0 Å². The van der Waals surface area contributed by atoms with Crippen molar-refractivity contribution in [2.24, 2.45) is 29.4 Å². The summed E-state index contributed by atoms with van der Waals surface area (Å²) in [5.41, 5.74) is 5.91. The molecule has 0 saturated carbocycles. The van der Waals surface area contributed by atoms with Crippen molar-refractivity contribution in [1.82, 2.24) is 0 Å². The lowest BCUT2D eigenvalue weighted by Crippen LogP contribution is -2.30. The fraction of sp³-hybridized carbons (Fsp3) is 0.867. The smallest absolute Gasteiger partial charge is 0.00432 e. The van der Waals surface area contributed by atoms with Crippen LogP contribution in [0, 0.1) is 23.7 Å². The standard InChI is InChI=1S/C15H31N/c1-6-10-15(13(8-3)11-16)14(9-4)12(5)7-2/h6,10,12-15H,7-9,11,16H2,1-5H3. The maximum atomic E-state index is 5.91. The van der Waals surface area contributed by atoms with E-state index in [1.165, 1.54) is 19.3 Å². The van der Waals surface area contributed by atoms with Crippen molar-refractivity contribution in [2.45, 2.75) is 53.9 Å². The van der Waals surface area contributed by atoms with Crippen LogP contribution < -0.4 is 5.73 Å². The number of nitrogens with two attached hydrogens (primary N) is 1. The van der Waals surface area contributed by atoms with Gasteiger partial charge in [0.2, 0.25) is 0 Å². The Balaban J connectivity index is 4.83. The van der Waals surface area contributed by atoms with Gasteiger partial charge in [-0.25, -0.2) is 0 Å². The SMILES string of the molecule is CC=CC(C(CC)CN)C(CC)C(C)CC. The van der Waals surface area contributed by atoms with E-state index < -0.39 is 0 Å². The highest BCUT2D eigenvalue weighted by atomic mass is 14.6. The highest BCUT2D eigenvalue weighted by molar-refractivity contribution is 4.94. The van der Waals surface area contributed by atoms with Gasteiger partial charge in [-0.15, -0.1) is 0 Å². The highest BCUT2D eigenvalue weighted by Crippen LogP contribution is 2.34. The van der Waals surface area contributed by atoms with Gasteiger partial charge in [0.15, 0.2) is 0 Å². The minimum atomic E-state index is 0.648. The minimum Gasteiger partial charge on any atom is -0.330 e. The summed E-state index contributed by atoms with van der Waals surface area (Å²) in [7, 11) is 0. The number of rotatable bonds is 8. The normalized spacial score (nSPS) is 19.6. The first-order valence-electron chi connectivity index (χ1n) is 6.98. The molecule has 0 fully saturated rings. The molecule has 0 radical (unpaired) electrons. The molecular formula is C15H31N. The van der Waals surface area contributed by atoms with Crippen molar-refractivity contribution >= 4 is 0 Å². The number of allylic oxidation sites excluding steroid dienone is 2. The highest BCUT2D eigenvalue weighted by Gasteiger charge is 2.27. The van der Waals surface area contributed by atoms with E-state index in [2.05, 4.69) is 46.8 Å². The summed E-state index contributed by atoms with van der Waals surface area (Å²) in [5, 5.41) is 0. The van der Waals surface area contributed by atoms with Crippen LogP contribution in [-0.2, 0) is 0 Å². The average Bonchev–Trinajstić information content (AvgIpc) is 2.31. The Morgan fingerprint density at radius 2 is 1.69 bits per heavy atom. The zero-order valence-electron chi connectivity index (χ0n) is 11.9. The summed E-state index contributed by atoms with van der Waals surface area (Å²) >= 11 is 0. The molecule has 0 bridgehead atoms.